The molecule has 5 rings (SSSR count). The van der Waals surface area contributed by atoms with Gasteiger partial charge < -0.3 is 14.2 Å². The van der Waals surface area contributed by atoms with E-state index in [-0.39, 0.29) is 23.9 Å². The summed E-state index contributed by atoms with van der Waals surface area (Å²) in [4.78, 5) is 26.2. The maximum atomic E-state index is 12.3. The first-order chi connectivity index (χ1) is 17.4. The fourth-order valence-corrected chi connectivity index (χ4v) is 5.37. The molecule has 3 unspecified atom stereocenters. The molecular weight excluding hydrogens is 454 g/mol. The molecule has 1 saturated carbocycles. The van der Waals surface area contributed by atoms with Crippen LogP contribution in [0, 0.1) is 25.7 Å². The molecule has 36 heavy (non-hydrogen) atoms. The fourth-order valence-electron chi connectivity index (χ4n) is 5.37. The second-order valence-electron chi connectivity index (χ2n) is 9.95. The number of nitrogens with zero attached hydrogens (tertiary/aromatic N) is 3. The first kappa shape index (κ1) is 24.2. The summed E-state index contributed by atoms with van der Waals surface area (Å²) in [6.07, 6.45) is 7.47. The zero-order valence-corrected chi connectivity index (χ0v) is 21.6. The van der Waals surface area contributed by atoms with Gasteiger partial charge in [0, 0.05) is 17.8 Å². The van der Waals surface area contributed by atoms with Crippen LogP contribution in [0.25, 0.3) is 11.3 Å². The van der Waals surface area contributed by atoms with Crippen LogP contribution in [0.4, 0.5) is 0 Å². The van der Waals surface area contributed by atoms with Gasteiger partial charge in [-0.2, -0.15) is 0 Å². The Morgan fingerprint density at radius 1 is 1.08 bits per heavy atom. The van der Waals surface area contributed by atoms with Crippen molar-refractivity contribution in [2.24, 2.45) is 11.8 Å². The highest BCUT2D eigenvalue weighted by molar-refractivity contribution is 5.73. The third-order valence-corrected chi connectivity index (χ3v) is 7.52. The Bertz CT molecular complexity index is 1290. The van der Waals surface area contributed by atoms with Gasteiger partial charge >= 0.3 is 5.97 Å². The van der Waals surface area contributed by atoms with E-state index in [2.05, 4.69) is 23.2 Å². The van der Waals surface area contributed by atoms with Crippen molar-refractivity contribution in [3.63, 3.8) is 0 Å². The summed E-state index contributed by atoms with van der Waals surface area (Å²) in [5, 5.41) is 0. The molecule has 7 nitrogen and oxygen atoms in total. The fraction of sp³-hybridized carbons (Fsp3) is 0.448. The summed E-state index contributed by atoms with van der Waals surface area (Å²) in [6, 6.07) is 8.34. The van der Waals surface area contributed by atoms with Crippen LogP contribution in [0.3, 0.4) is 0 Å². The van der Waals surface area contributed by atoms with Crippen LogP contribution in [0.15, 0.2) is 36.7 Å². The van der Waals surface area contributed by atoms with Gasteiger partial charge in [0.2, 0.25) is 5.88 Å². The minimum Gasteiger partial charge on any atom is -0.484 e. The van der Waals surface area contributed by atoms with Crippen LogP contribution in [0.2, 0.25) is 0 Å². The normalized spacial score (nSPS) is 18.5. The first-order valence-corrected chi connectivity index (χ1v) is 12.6. The summed E-state index contributed by atoms with van der Waals surface area (Å²) in [5.74, 6) is 1.76. The van der Waals surface area contributed by atoms with Crippen molar-refractivity contribution < 1.29 is 19.0 Å². The highest BCUT2D eigenvalue weighted by Crippen LogP contribution is 2.48. The van der Waals surface area contributed by atoms with Crippen molar-refractivity contribution in [3.8, 4) is 22.9 Å². The number of fused-ring (bicyclic) bond motifs is 1. The molecule has 1 aromatic carbocycles. The molecule has 7 heteroatoms. The van der Waals surface area contributed by atoms with E-state index >= 15 is 0 Å². The number of pyridine rings is 1. The molecule has 188 valence electrons. The molecule has 1 aliphatic heterocycles. The van der Waals surface area contributed by atoms with Gasteiger partial charge in [-0.25, -0.2) is 9.97 Å². The van der Waals surface area contributed by atoms with E-state index in [1.807, 2.05) is 26.8 Å². The lowest BCUT2D eigenvalue weighted by molar-refractivity contribution is -0.145. The van der Waals surface area contributed by atoms with Crippen LogP contribution >= 0.6 is 0 Å². The standard InChI is InChI=1S/C29H33N3O4/c1-16-14-30-26(34-4)13-22(16)23-15-31-28(18(3)32-23)24-11-10-19-6-9-21(12-25(19)36-24)27(20-7-8-20)17(2)29(33)35-5/h6,9,12-15,17,20,24,27H,7-8,10-11H2,1-5H3. The van der Waals surface area contributed by atoms with E-state index in [9.17, 15) is 4.79 Å². The SMILES string of the molecule is COC(=O)C(C)C(c1ccc2c(c1)OC(c1ncc(-c3cc(OC)ncc3C)nc1C)CC2)C1CC1. The second-order valence-corrected chi connectivity index (χ2v) is 9.95. The van der Waals surface area contributed by atoms with E-state index in [1.54, 1.807) is 19.5 Å². The number of aromatic nitrogens is 3. The average Bonchev–Trinajstić information content (AvgIpc) is 3.73. The van der Waals surface area contributed by atoms with Crippen LogP contribution in [0.1, 0.15) is 66.3 Å². The molecule has 0 radical (unpaired) electrons. The molecule has 3 atom stereocenters. The topological polar surface area (TPSA) is 83.4 Å². The molecule has 1 fully saturated rings. The number of methoxy groups -OCH3 is 2. The molecule has 1 aliphatic carbocycles. The molecule has 0 bridgehead atoms. The molecule has 3 heterocycles. The van der Waals surface area contributed by atoms with Crippen LogP contribution in [0.5, 0.6) is 11.6 Å². The smallest absolute Gasteiger partial charge is 0.309 e. The van der Waals surface area contributed by atoms with Gasteiger partial charge in [0.05, 0.1) is 37.7 Å². The second kappa shape index (κ2) is 9.88. The quantitative estimate of drug-likeness (QED) is 0.405. The predicted molar refractivity (Wildman–Crippen MR) is 136 cm³/mol. The Hall–Kier alpha value is -3.48. The van der Waals surface area contributed by atoms with Gasteiger partial charge in [-0.05, 0) is 74.1 Å². The Morgan fingerprint density at radius 3 is 2.58 bits per heavy atom. The monoisotopic (exact) mass is 487 g/mol. The number of carbonyl (C=O) groups is 1. The highest BCUT2D eigenvalue weighted by Gasteiger charge is 2.39. The van der Waals surface area contributed by atoms with Crippen LogP contribution in [-0.4, -0.2) is 35.1 Å². The zero-order valence-electron chi connectivity index (χ0n) is 21.6. The van der Waals surface area contributed by atoms with Crippen LogP contribution in [-0.2, 0) is 16.0 Å². The molecule has 0 spiro atoms. The van der Waals surface area contributed by atoms with E-state index < -0.39 is 0 Å². The van der Waals surface area contributed by atoms with E-state index in [4.69, 9.17) is 24.2 Å². The van der Waals surface area contributed by atoms with Gasteiger partial charge in [0.15, 0.2) is 0 Å². The largest absolute Gasteiger partial charge is 0.484 e. The Kier molecular flexibility index (Phi) is 6.65. The number of aryl methyl sites for hydroxylation is 3. The number of ether oxygens (including phenoxy) is 3. The van der Waals surface area contributed by atoms with Gasteiger partial charge in [0.25, 0.3) is 0 Å². The van der Waals surface area contributed by atoms with Crippen molar-refractivity contribution >= 4 is 5.97 Å². The summed E-state index contributed by atoms with van der Waals surface area (Å²) < 4.78 is 16.9. The minimum atomic E-state index is -0.184. The lowest BCUT2D eigenvalue weighted by Gasteiger charge is -2.29. The van der Waals surface area contributed by atoms with Crippen molar-refractivity contribution in [1.29, 1.82) is 0 Å². The Morgan fingerprint density at radius 2 is 1.89 bits per heavy atom. The molecule has 2 aromatic heterocycles. The highest BCUT2D eigenvalue weighted by atomic mass is 16.5. The maximum Gasteiger partial charge on any atom is 0.309 e. The molecular formula is C29H33N3O4. The summed E-state index contributed by atoms with van der Waals surface area (Å²) in [7, 11) is 3.07. The van der Waals surface area contributed by atoms with Gasteiger partial charge in [-0.3, -0.25) is 9.78 Å². The van der Waals surface area contributed by atoms with Crippen molar-refractivity contribution in [2.75, 3.05) is 14.2 Å². The van der Waals surface area contributed by atoms with E-state index in [0.717, 1.165) is 65.2 Å². The Balaban J connectivity index is 1.40. The summed E-state index contributed by atoms with van der Waals surface area (Å²) >= 11 is 0. The number of hydrogen-bond donors (Lipinski definition) is 0. The van der Waals surface area contributed by atoms with Gasteiger partial charge in [0.1, 0.15) is 17.5 Å². The number of esters is 1. The van der Waals surface area contributed by atoms with Crippen molar-refractivity contribution in [2.45, 2.75) is 58.5 Å². The summed E-state index contributed by atoms with van der Waals surface area (Å²) in [5.41, 5.74) is 6.80. The Labute approximate surface area is 212 Å². The lowest BCUT2D eigenvalue weighted by Crippen LogP contribution is -2.23. The van der Waals surface area contributed by atoms with Crippen molar-refractivity contribution in [1.82, 2.24) is 15.0 Å². The number of carbonyl (C=O) groups excluding carboxylic acids is 1. The molecule has 0 saturated heterocycles. The predicted octanol–water partition coefficient (Wildman–Crippen LogP) is 5.53. The molecule has 0 amide bonds. The maximum absolute atomic E-state index is 12.3. The number of benzene rings is 1. The van der Waals surface area contributed by atoms with Crippen LogP contribution < -0.4 is 9.47 Å². The van der Waals surface area contributed by atoms with E-state index in [1.165, 1.54) is 12.7 Å². The zero-order chi connectivity index (χ0) is 25.4. The molecule has 0 N–H and O–H groups in total. The number of hydrogen-bond acceptors (Lipinski definition) is 7. The molecule has 3 aromatic rings. The lowest BCUT2D eigenvalue weighted by atomic mass is 9.82. The first-order valence-electron chi connectivity index (χ1n) is 12.6. The van der Waals surface area contributed by atoms with E-state index in [0.29, 0.717) is 11.8 Å². The molecule has 2 aliphatic rings. The third-order valence-electron chi connectivity index (χ3n) is 7.52. The number of rotatable bonds is 7. The average molecular weight is 488 g/mol. The minimum absolute atomic E-state index is 0.146. The van der Waals surface area contributed by atoms with Crippen molar-refractivity contribution in [3.05, 3.63) is 64.7 Å². The third kappa shape index (κ3) is 4.66. The van der Waals surface area contributed by atoms with Gasteiger partial charge in [-0.1, -0.05) is 19.1 Å². The van der Waals surface area contributed by atoms with Gasteiger partial charge in [-0.15, -0.1) is 0 Å². The summed E-state index contributed by atoms with van der Waals surface area (Å²) in [6.45, 7) is 5.95.